The Morgan fingerprint density at radius 3 is 2.56 bits per heavy atom. The van der Waals surface area contributed by atoms with Crippen molar-refractivity contribution >= 4 is 11.5 Å². The van der Waals surface area contributed by atoms with Crippen molar-refractivity contribution in [2.24, 2.45) is 5.73 Å². The van der Waals surface area contributed by atoms with Crippen LogP contribution in [0.2, 0.25) is 0 Å². The third kappa shape index (κ3) is 2.36. The van der Waals surface area contributed by atoms with Crippen LogP contribution in [0.5, 0.6) is 0 Å². The van der Waals surface area contributed by atoms with E-state index in [-0.39, 0.29) is 6.04 Å². The molecule has 0 spiro atoms. The van der Waals surface area contributed by atoms with Crippen LogP contribution >= 0.6 is 0 Å². The van der Waals surface area contributed by atoms with E-state index in [0.717, 1.165) is 17.1 Å². The molecule has 94 valence electrons. The lowest BCUT2D eigenvalue weighted by atomic mass is 10.1. The molecule has 2 rings (SSSR count). The van der Waals surface area contributed by atoms with E-state index >= 15 is 0 Å². The van der Waals surface area contributed by atoms with Gasteiger partial charge in [-0.2, -0.15) is 0 Å². The molecule has 1 aromatic carbocycles. The van der Waals surface area contributed by atoms with Crippen molar-refractivity contribution in [1.29, 1.82) is 0 Å². The monoisotopic (exact) mass is 241 g/mol. The molecular formula is C15H19N3. The average Bonchev–Trinajstić information content (AvgIpc) is 2.38. The maximum Gasteiger partial charge on any atom is 0.137 e. The highest BCUT2D eigenvalue weighted by Gasteiger charge is 2.14. The van der Waals surface area contributed by atoms with Gasteiger partial charge in [0.1, 0.15) is 5.82 Å². The van der Waals surface area contributed by atoms with Crippen LogP contribution in [-0.4, -0.2) is 12.0 Å². The van der Waals surface area contributed by atoms with E-state index in [0.29, 0.717) is 0 Å². The lowest BCUT2D eigenvalue weighted by Crippen LogP contribution is -2.17. The van der Waals surface area contributed by atoms with E-state index in [9.17, 15) is 0 Å². The molecule has 3 heteroatoms. The van der Waals surface area contributed by atoms with E-state index in [1.807, 2.05) is 38.2 Å². The van der Waals surface area contributed by atoms with E-state index in [2.05, 4.69) is 28.9 Å². The Morgan fingerprint density at radius 1 is 1.17 bits per heavy atom. The molecule has 0 saturated heterocycles. The largest absolute Gasteiger partial charge is 0.329 e. The fraction of sp³-hybridized carbons (Fsp3) is 0.267. The number of rotatable bonds is 3. The average molecular weight is 241 g/mol. The molecule has 3 nitrogen and oxygen atoms in total. The number of aromatic nitrogens is 1. The van der Waals surface area contributed by atoms with Crippen molar-refractivity contribution in [2.45, 2.75) is 19.9 Å². The van der Waals surface area contributed by atoms with E-state index in [1.165, 1.54) is 5.56 Å². The molecular weight excluding hydrogens is 222 g/mol. The molecule has 0 aliphatic rings. The first-order chi connectivity index (χ1) is 8.61. The second-order valence-electron chi connectivity index (χ2n) is 4.55. The zero-order valence-corrected chi connectivity index (χ0v) is 11.1. The number of aryl methyl sites for hydroxylation is 1. The van der Waals surface area contributed by atoms with Gasteiger partial charge in [-0.3, -0.25) is 0 Å². The highest BCUT2D eigenvalue weighted by Crippen LogP contribution is 2.29. The first kappa shape index (κ1) is 12.6. The molecule has 1 heterocycles. The zero-order chi connectivity index (χ0) is 13.1. The minimum Gasteiger partial charge on any atom is -0.329 e. The Bertz CT molecular complexity index is 535. The molecule has 0 radical (unpaired) electrons. The fourth-order valence-corrected chi connectivity index (χ4v) is 2.10. The molecule has 1 aromatic heterocycles. The number of para-hydroxylation sites is 1. The number of anilines is 2. The van der Waals surface area contributed by atoms with Gasteiger partial charge in [-0.25, -0.2) is 4.98 Å². The quantitative estimate of drug-likeness (QED) is 0.897. The van der Waals surface area contributed by atoms with E-state index in [4.69, 9.17) is 5.73 Å². The van der Waals surface area contributed by atoms with Gasteiger partial charge >= 0.3 is 0 Å². The van der Waals surface area contributed by atoms with Gasteiger partial charge < -0.3 is 10.6 Å². The van der Waals surface area contributed by atoms with Gasteiger partial charge in [0.2, 0.25) is 0 Å². The summed E-state index contributed by atoms with van der Waals surface area (Å²) >= 11 is 0. The lowest BCUT2D eigenvalue weighted by molar-refractivity contribution is 0.807. The van der Waals surface area contributed by atoms with E-state index in [1.54, 1.807) is 6.20 Å². The summed E-state index contributed by atoms with van der Waals surface area (Å²) in [4.78, 5) is 6.55. The maximum atomic E-state index is 6.00. The number of hydrogen-bond donors (Lipinski definition) is 1. The van der Waals surface area contributed by atoms with Crippen LogP contribution in [0.15, 0.2) is 42.6 Å². The summed E-state index contributed by atoms with van der Waals surface area (Å²) in [5.74, 6) is 0.918. The predicted octanol–water partition coefficient (Wildman–Crippen LogP) is 3.18. The van der Waals surface area contributed by atoms with Gasteiger partial charge in [0.15, 0.2) is 0 Å². The van der Waals surface area contributed by atoms with Crippen molar-refractivity contribution in [3.05, 3.63) is 53.7 Å². The third-order valence-electron chi connectivity index (χ3n) is 3.10. The topological polar surface area (TPSA) is 42.2 Å². The predicted molar refractivity (Wildman–Crippen MR) is 76.1 cm³/mol. The Hall–Kier alpha value is -1.87. The maximum absolute atomic E-state index is 6.00. The molecule has 2 aromatic rings. The van der Waals surface area contributed by atoms with Crippen LogP contribution in [0.4, 0.5) is 11.5 Å². The van der Waals surface area contributed by atoms with Crippen LogP contribution in [0.25, 0.3) is 0 Å². The normalized spacial score (nSPS) is 12.2. The molecule has 0 bridgehead atoms. The zero-order valence-electron chi connectivity index (χ0n) is 11.1. The summed E-state index contributed by atoms with van der Waals surface area (Å²) in [5, 5.41) is 0. The number of hydrogen-bond acceptors (Lipinski definition) is 3. The highest BCUT2D eigenvalue weighted by atomic mass is 15.2. The lowest BCUT2D eigenvalue weighted by Gasteiger charge is -2.24. The summed E-state index contributed by atoms with van der Waals surface area (Å²) < 4.78 is 0. The van der Waals surface area contributed by atoms with Gasteiger partial charge in [-0.1, -0.05) is 24.3 Å². The Kier molecular flexibility index (Phi) is 3.63. The van der Waals surface area contributed by atoms with Gasteiger partial charge in [-0.15, -0.1) is 0 Å². The smallest absolute Gasteiger partial charge is 0.137 e. The second kappa shape index (κ2) is 5.19. The first-order valence-corrected chi connectivity index (χ1v) is 6.11. The molecule has 0 aliphatic carbocycles. The van der Waals surface area contributed by atoms with Crippen molar-refractivity contribution in [1.82, 2.24) is 4.98 Å². The molecule has 2 N–H and O–H groups in total. The van der Waals surface area contributed by atoms with Crippen molar-refractivity contribution < 1.29 is 0 Å². The summed E-state index contributed by atoms with van der Waals surface area (Å²) in [6.45, 7) is 4.08. The Balaban J connectivity index is 2.46. The third-order valence-corrected chi connectivity index (χ3v) is 3.10. The fourth-order valence-electron chi connectivity index (χ4n) is 2.10. The van der Waals surface area contributed by atoms with Gasteiger partial charge in [0.05, 0.1) is 0 Å². The van der Waals surface area contributed by atoms with Gasteiger partial charge in [0, 0.05) is 30.5 Å². The Morgan fingerprint density at radius 2 is 1.89 bits per heavy atom. The summed E-state index contributed by atoms with van der Waals surface area (Å²) in [7, 11) is 2.02. The first-order valence-electron chi connectivity index (χ1n) is 6.11. The van der Waals surface area contributed by atoms with Gasteiger partial charge in [0.25, 0.3) is 0 Å². The number of nitrogens with two attached hydrogens (primary N) is 1. The van der Waals surface area contributed by atoms with Crippen LogP contribution in [0.3, 0.4) is 0 Å². The number of nitrogens with zero attached hydrogens (tertiary/aromatic N) is 2. The summed E-state index contributed by atoms with van der Waals surface area (Å²) in [6, 6.07) is 12.2. The molecule has 0 amide bonds. The molecule has 18 heavy (non-hydrogen) atoms. The van der Waals surface area contributed by atoms with Crippen LogP contribution in [0, 0.1) is 6.92 Å². The Labute approximate surface area is 108 Å². The highest BCUT2D eigenvalue weighted by molar-refractivity contribution is 5.65. The SMILES string of the molecule is Cc1ccccc1N(C)c1ncccc1[C@H](C)N. The number of benzene rings is 1. The molecule has 0 fully saturated rings. The minimum absolute atomic E-state index is 0.0276. The molecule has 1 atom stereocenters. The van der Waals surface area contributed by atoms with Crippen molar-refractivity contribution in [2.75, 3.05) is 11.9 Å². The van der Waals surface area contributed by atoms with Crippen molar-refractivity contribution in [3.63, 3.8) is 0 Å². The van der Waals surface area contributed by atoms with Crippen LogP contribution < -0.4 is 10.6 Å². The summed E-state index contributed by atoms with van der Waals surface area (Å²) in [6.07, 6.45) is 1.80. The van der Waals surface area contributed by atoms with Gasteiger partial charge in [-0.05, 0) is 31.5 Å². The van der Waals surface area contributed by atoms with Crippen LogP contribution in [-0.2, 0) is 0 Å². The second-order valence-corrected chi connectivity index (χ2v) is 4.55. The molecule has 0 saturated carbocycles. The summed E-state index contributed by atoms with van der Waals surface area (Å²) in [5.41, 5.74) is 9.43. The van der Waals surface area contributed by atoms with E-state index < -0.39 is 0 Å². The molecule has 0 unspecified atom stereocenters. The molecule has 0 aliphatic heterocycles. The number of pyridine rings is 1. The van der Waals surface area contributed by atoms with Crippen molar-refractivity contribution in [3.8, 4) is 0 Å². The van der Waals surface area contributed by atoms with Crippen LogP contribution in [0.1, 0.15) is 24.1 Å². The minimum atomic E-state index is -0.0276. The standard InChI is InChI=1S/C15H19N3/c1-11-7-4-5-9-14(11)18(3)15-13(12(2)16)8-6-10-17-15/h4-10,12H,16H2,1-3H3/t12-/m0/s1.